The normalized spacial score (nSPS) is 10.7. The Labute approximate surface area is 127 Å². The van der Waals surface area contributed by atoms with E-state index in [0.717, 1.165) is 11.0 Å². The standard InChI is InChI=1S/C18H16BrN/c1-13-11-14(9-10-17(13)19)12-20-18-8-4-6-15-5-2-3-7-16(15)18/h2-11,20H,12H2,1H3. The molecule has 0 atom stereocenters. The molecular formula is C18H16BrN. The predicted molar refractivity (Wildman–Crippen MR) is 90.2 cm³/mol. The van der Waals surface area contributed by atoms with E-state index in [-0.39, 0.29) is 0 Å². The number of halogens is 1. The third kappa shape index (κ3) is 2.70. The van der Waals surface area contributed by atoms with E-state index in [1.807, 2.05) is 0 Å². The van der Waals surface area contributed by atoms with Gasteiger partial charge in [-0.1, -0.05) is 64.5 Å². The van der Waals surface area contributed by atoms with Gasteiger partial charge in [-0.25, -0.2) is 0 Å². The minimum atomic E-state index is 0.835. The van der Waals surface area contributed by atoms with Gasteiger partial charge in [0, 0.05) is 22.1 Å². The largest absolute Gasteiger partial charge is 0.380 e. The van der Waals surface area contributed by atoms with Crippen molar-refractivity contribution in [3.05, 3.63) is 76.3 Å². The zero-order chi connectivity index (χ0) is 13.9. The second-order valence-corrected chi connectivity index (χ2v) is 5.82. The summed E-state index contributed by atoms with van der Waals surface area (Å²) < 4.78 is 1.16. The monoisotopic (exact) mass is 325 g/mol. The summed E-state index contributed by atoms with van der Waals surface area (Å²) in [5.41, 5.74) is 3.74. The van der Waals surface area contributed by atoms with Crippen molar-refractivity contribution in [1.82, 2.24) is 0 Å². The molecular weight excluding hydrogens is 310 g/mol. The van der Waals surface area contributed by atoms with Crippen molar-refractivity contribution < 1.29 is 0 Å². The van der Waals surface area contributed by atoms with Crippen LogP contribution in [-0.2, 0) is 6.54 Å². The van der Waals surface area contributed by atoms with Gasteiger partial charge in [0.05, 0.1) is 0 Å². The molecule has 0 aliphatic rings. The average molecular weight is 326 g/mol. The maximum Gasteiger partial charge on any atom is 0.0422 e. The number of nitrogens with one attached hydrogen (secondary N) is 1. The van der Waals surface area contributed by atoms with E-state index in [0.29, 0.717) is 0 Å². The molecule has 0 fully saturated rings. The van der Waals surface area contributed by atoms with E-state index >= 15 is 0 Å². The van der Waals surface area contributed by atoms with Crippen LogP contribution in [0.2, 0.25) is 0 Å². The molecule has 0 unspecified atom stereocenters. The summed E-state index contributed by atoms with van der Waals surface area (Å²) in [5.74, 6) is 0. The number of fused-ring (bicyclic) bond motifs is 1. The highest BCUT2D eigenvalue weighted by Gasteiger charge is 2.01. The lowest BCUT2D eigenvalue weighted by molar-refractivity contribution is 1.14. The zero-order valence-electron chi connectivity index (χ0n) is 11.4. The average Bonchev–Trinajstić information content (AvgIpc) is 2.48. The van der Waals surface area contributed by atoms with Gasteiger partial charge >= 0.3 is 0 Å². The van der Waals surface area contributed by atoms with E-state index in [2.05, 4.69) is 88.8 Å². The SMILES string of the molecule is Cc1cc(CNc2cccc3ccccc23)ccc1Br. The summed E-state index contributed by atoms with van der Waals surface area (Å²) in [7, 11) is 0. The van der Waals surface area contributed by atoms with Crippen LogP contribution >= 0.6 is 15.9 Å². The minimum Gasteiger partial charge on any atom is -0.380 e. The van der Waals surface area contributed by atoms with Crippen molar-refractivity contribution in [2.45, 2.75) is 13.5 Å². The Hall–Kier alpha value is -1.80. The number of hydrogen-bond acceptors (Lipinski definition) is 1. The Kier molecular flexibility index (Phi) is 3.75. The first kappa shape index (κ1) is 13.2. The molecule has 0 bridgehead atoms. The number of benzene rings is 3. The summed E-state index contributed by atoms with van der Waals surface area (Å²) in [5, 5.41) is 6.07. The lowest BCUT2D eigenvalue weighted by atomic mass is 10.1. The van der Waals surface area contributed by atoms with Gasteiger partial charge in [-0.3, -0.25) is 0 Å². The number of hydrogen-bond donors (Lipinski definition) is 1. The minimum absolute atomic E-state index is 0.835. The third-order valence-corrected chi connectivity index (χ3v) is 4.38. The molecule has 3 aromatic carbocycles. The molecule has 0 aromatic heterocycles. The Morgan fingerprint density at radius 3 is 2.60 bits per heavy atom. The van der Waals surface area contributed by atoms with E-state index < -0.39 is 0 Å². The van der Waals surface area contributed by atoms with Gasteiger partial charge in [-0.15, -0.1) is 0 Å². The van der Waals surface area contributed by atoms with Crippen LogP contribution in [0.15, 0.2) is 65.1 Å². The molecule has 3 rings (SSSR count). The maximum absolute atomic E-state index is 3.54. The van der Waals surface area contributed by atoms with Gasteiger partial charge in [0.15, 0.2) is 0 Å². The van der Waals surface area contributed by atoms with Crippen molar-refractivity contribution in [2.75, 3.05) is 5.32 Å². The number of anilines is 1. The van der Waals surface area contributed by atoms with Crippen molar-refractivity contribution in [3.63, 3.8) is 0 Å². The highest BCUT2D eigenvalue weighted by molar-refractivity contribution is 9.10. The van der Waals surface area contributed by atoms with Gasteiger partial charge < -0.3 is 5.32 Å². The van der Waals surface area contributed by atoms with Crippen molar-refractivity contribution in [3.8, 4) is 0 Å². The third-order valence-electron chi connectivity index (χ3n) is 3.49. The Morgan fingerprint density at radius 1 is 0.950 bits per heavy atom. The van der Waals surface area contributed by atoms with Crippen molar-refractivity contribution in [1.29, 1.82) is 0 Å². The van der Waals surface area contributed by atoms with Gasteiger partial charge in [0.25, 0.3) is 0 Å². The molecule has 100 valence electrons. The summed E-state index contributed by atoms with van der Waals surface area (Å²) in [4.78, 5) is 0. The van der Waals surface area contributed by atoms with Crippen LogP contribution in [0.3, 0.4) is 0 Å². The van der Waals surface area contributed by atoms with E-state index in [1.54, 1.807) is 0 Å². The molecule has 0 saturated carbocycles. The lowest BCUT2D eigenvalue weighted by Gasteiger charge is -2.10. The molecule has 20 heavy (non-hydrogen) atoms. The van der Waals surface area contributed by atoms with Crippen LogP contribution in [0.25, 0.3) is 10.8 Å². The quantitative estimate of drug-likeness (QED) is 0.668. The summed E-state index contributed by atoms with van der Waals surface area (Å²) in [6.45, 7) is 2.95. The van der Waals surface area contributed by atoms with Crippen LogP contribution < -0.4 is 5.32 Å². The summed E-state index contributed by atoms with van der Waals surface area (Å²) >= 11 is 3.54. The first-order valence-electron chi connectivity index (χ1n) is 6.71. The fourth-order valence-electron chi connectivity index (χ4n) is 2.39. The van der Waals surface area contributed by atoms with Crippen molar-refractivity contribution in [2.24, 2.45) is 0 Å². The van der Waals surface area contributed by atoms with E-state index in [4.69, 9.17) is 0 Å². The Bertz CT molecular complexity index is 744. The maximum atomic E-state index is 3.54. The fourth-order valence-corrected chi connectivity index (χ4v) is 2.64. The topological polar surface area (TPSA) is 12.0 Å². The number of rotatable bonds is 3. The van der Waals surface area contributed by atoms with Gasteiger partial charge in [-0.05, 0) is 35.6 Å². The smallest absolute Gasteiger partial charge is 0.0422 e. The lowest BCUT2D eigenvalue weighted by Crippen LogP contribution is -2.00. The zero-order valence-corrected chi connectivity index (χ0v) is 12.9. The van der Waals surface area contributed by atoms with E-state index in [9.17, 15) is 0 Å². The molecule has 0 aliphatic carbocycles. The molecule has 0 radical (unpaired) electrons. The molecule has 0 aliphatic heterocycles. The first-order chi connectivity index (χ1) is 9.74. The Morgan fingerprint density at radius 2 is 1.75 bits per heavy atom. The van der Waals surface area contributed by atoms with Crippen LogP contribution in [0.1, 0.15) is 11.1 Å². The van der Waals surface area contributed by atoms with Gasteiger partial charge in [0.2, 0.25) is 0 Å². The van der Waals surface area contributed by atoms with Gasteiger partial charge in [-0.2, -0.15) is 0 Å². The summed E-state index contributed by atoms with van der Waals surface area (Å²) in [6.07, 6.45) is 0. The molecule has 3 aromatic rings. The van der Waals surface area contributed by atoms with Gasteiger partial charge in [0.1, 0.15) is 0 Å². The summed E-state index contributed by atoms with van der Waals surface area (Å²) in [6, 6.07) is 21.3. The molecule has 1 N–H and O–H groups in total. The van der Waals surface area contributed by atoms with Crippen LogP contribution in [0.5, 0.6) is 0 Å². The molecule has 0 amide bonds. The fraction of sp³-hybridized carbons (Fsp3) is 0.111. The van der Waals surface area contributed by atoms with Crippen LogP contribution in [0.4, 0.5) is 5.69 Å². The first-order valence-corrected chi connectivity index (χ1v) is 7.50. The predicted octanol–water partition coefficient (Wildman–Crippen LogP) is 5.52. The molecule has 0 saturated heterocycles. The second-order valence-electron chi connectivity index (χ2n) is 4.96. The molecule has 1 nitrogen and oxygen atoms in total. The number of aryl methyl sites for hydroxylation is 1. The van der Waals surface area contributed by atoms with E-state index in [1.165, 1.54) is 27.6 Å². The molecule has 2 heteroatoms. The van der Waals surface area contributed by atoms with Crippen molar-refractivity contribution >= 4 is 32.4 Å². The highest BCUT2D eigenvalue weighted by Crippen LogP contribution is 2.24. The highest BCUT2D eigenvalue weighted by atomic mass is 79.9. The second kappa shape index (κ2) is 5.68. The molecule has 0 heterocycles. The van der Waals surface area contributed by atoms with Crippen LogP contribution in [-0.4, -0.2) is 0 Å². The Balaban J connectivity index is 1.85. The molecule has 0 spiro atoms. The van der Waals surface area contributed by atoms with Crippen LogP contribution in [0, 0.1) is 6.92 Å².